The second-order valence-electron chi connectivity index (χ2n) is 5.27. The Morgan fingerprint density at radius 2 is 2.10 bits per heavy atom. The van der Waals surface area contributed by atoms with E-state index < -0.39 is 11.9 Å². The van der Waals surface area contributed by atoms with Crippen LogP contribution in [0, 0.1) is 17.7 Å². The third-order valence-corrected chi connectivity index (χ3v) is 3.87. The van der Waals surface area contributed by atoms with E-state index in [4.69, 9.17) is 10.5 Å². The largest absolute Gasteiger partial charge is 0.449 e. The van der Waals surface area contributed by atoms with E-state index in [1.54, 1.807) is 6.07 Å². The molecule has 1 aromatic rings. The summed E-state index contributed by atoms with van der Waals surface area (Å²) in [6.07, 6.45) is 3.98. The van der Waals surface area contributed by atoms with Crippen molar-refractivity contribution in [3.63, 3.8) is 0 Å². The molecule has 3 N–H and O–H groups in total. The fourth-order valence-electron chi connectivity index (χ4n) is 2.72. The highest BCUT2D eigenvalue weighted by Gasteiger charge is 2.25. The molecule has 0 aromatic heterocycles. The number of amides is 1. The monoisotopic (exact) mass is 280 g/mol. The second-order valence-corrected chi connectivity index (χ2v) is 5.27. The van der Waals surface area contributed by atoms with Crippen LogP contribution in [0.1, 0.15) is 25.7 Å². The number of carbonyl (C=O) groups is 1. The van der Waals surface area contributed by atoms with E-state index in [0.29, 0.717) is 30.7 Å². The van der Waals surface area contributed by atoms with Gasteiger partial charge >= 0.3 is 6.09 Å². The van der Waals surface area contributed by atoms with Gasteiger partial charge < -0.3 is 10.5 Å². The molecule has 0 heterocycles. The minimum absolute atomic E-state index is 0.340. The van der Waals surface area contributed by atoms with Crippen molar-refractivity contribution < 1.29 is 13.9 Å². The molecule has 0 spiro atoms. The predicted octanol–water partition coefficient (Wildman–Crippen LogP) is 3.14. The minimum Gasteiger partial charge on any atom is -0.449 e. The van der Waals surface area contributed by atoms with Gasteiger partial charge in [-0.25, -0.2) is 9.18 Å². The summed E-state index contributed by atoms with van der Waals surface area (Å²) in [5.41, 5.74) is 6.14. The molecule has 2 rings (SSSR count). The van der Waals surface area contributed by atoms with Crippen molar-refractivity contribution in [3.8, 4) is 0 Å². The maximum atomic E-state index is 13.0. The maximum absolute atomic E-state index is 13.0. The first-order valence-electron chi connectivity index (χ1n) is 7.08. The van der Waals surface area contributed by atoms with Crippen molar-refractivity contribution in [3.05, 3.63) is 30.1 Å². The van der Waals surface area contributed by atoms with Crippen molar-refractivity contribution in [1.82, 2.24) is 0 Å². The predicted molar refractivity (Wildman–Crippen MR) is 75.9 cm³/mol. The highest BCUT2D eigenvalue weighted by Crippen LogP contribution is 2.29. The summed E-state index contributed by atoms with van der Waals surface area (Å²) >= 11 is 0. The van der Waals surface area contributed by atoms with E-state index in [1.807, 2.05) is 0 Å². The first kappa shape index (κ1) is 14.8. The number of ether oxygens (including phenoxy) is 1. The number of rotatable bonds is 4. The van der Waals surface area contributed by atoms with Crippen LogP contribution in [0.3, 0.4) is 0 Å². The lowest BCUT2D eigenvalue weighted by atomic mass is 9.80. The van der Waals surface area contributed by atoms with Gasteiger partial charge in [0.05, 0.1) is 6.61 Å². The van der Waals surface area contributed by atoms with E-state index in [0.717, 1.165) is 19.3 Å². The van der Waals surface area contributed by atoms with Gasteiger partial charge in [-0.1, -0.05) is 18.9 Å². The minimum atomic E-state index is -0.544. The Hall–Kier alpha value is -1.62. The maximum Gasteiger partial charge on any atom is 0.411 e. The molecule has 1 fully saturated rings. The van der Waals surface area contributed by atoms with Crippen molar-refractivity contribution in [2.45, 2.75) is 25.7 Å². The fourth-order valence-corrected chi connectivity index (χ4v) is 2.72. The van der Waals surface area contributed by atoms with E-state index in [1.165, 1.54) is 24.6 Å². The summed E-state index contributed by atoms with van der Waals surface area (Å²) in [7, 11) is 0. The third kappa shape index (κ3) is 4.20. The molecule has 0 aliphatic heterocycles. The normalized spacial score (nSPS) is 22.3. The van der Waals surface area contributed by atoms with Gasteiger partial charge in [0.15, 0.2) is 0 Å². The number of benzene rings is 1. The zero-order chi connectivity index (χ0) is 14.4. The van der Waals surface area contributed by atoms with Gasteiger partial charge in [-0.15, -0.1) is 0 Å². The number of hydrogen-bond acceptors (Lipinski definition) is 3. The smallest absolute Gasteiger partial charge is 0.411 e. The van der Waals surface area contributed by atoms with Crippen LogP contribution in [-0.4, -0.2) is 19.2 Å². The average Bonchev–Trinajstić information content (AvgIpc) is 2.45. The molecule has 4 nitrogen and oxygen atoms in total. The van der Waals surface area contributed by atoms with E-state index in [2.05, 4.69) is 5.32 Å². The summed E-state index contributed by atoms with van der Waals surface area (Å²) < 4.78 is 18.2. The summed E-state index contributed by atoms with van der Waals surface area (Å²) in [6.45, 7) is 1.02. The molecule has 2 atom stereocenters. The number of halogens is 1. The molecule has 1 aromatic carbocycles. The summed E-state index contributed by atoms with van der Waals surface area (Å²) in [5, 5.41) is 2.52. The van der Waals surface area contributed by atoms with Gasteiger partial charge in [0.25, 0.3) is 0 Å². The second kappa shape index (κ2) is 7.24. The molecule has 20 heavy (non-hydrogen) atoms. The lowest BCUT2D eigenvalue weighted by Gasteiger charge is -2.30. The van der Waals surface area contributed by atoms with Gasteiger partial charge in [0.2, 0.25) is 0 Å². The Morgan fingerprint density at radius 3 is 2.80 bits per heavy atom. The lowest BCUT2D eigenvalue weighted by Crippen LogP contribution is -2.31. The van der Waals surface area contributed by atoms with Crippen molar-refractivity contribution in [2.24, 2.45) is 17.6 Å². The SMILES string of the molecule is NCC1CCCCC1COC(=O)Nc1cccc(F)c1. The molecule has 1 aliphatic carbocycles. The number of hydrogen-bond donors (Lipinski definition) is 2. The Kier molecular flexibility index (Phi) is 5.35. The molecule has 0 saturated heterocycles. The molecule has 110 valence electrons. The summed E-state index contributed by atoms with van der Waals surface area (Å²) in [6, 6.07) is 5.74. The molecule has 1 amide bonds. The number of nitrogens with two attached hydrogens (primary N) is 1. The average molecular weight is 280 g/mol. The molecule has 0 bridgehead atoms. The van der Waals surface area contributed by atoms with Crippen LogP contribution < -0.4 is 11.1 Å². The Balaban J connectivity index is 1.79. The van der Waals surface area contributed by atoms with Crippen LogP contribution in [0.25, 0.3) is 0 Å². The highest BCUT2D eigenvalue weighted by atomic mass is 19.1. The Morgan fingerprint density at radius 1 is 1.35 bits per heavy atom. The first-order chi connectivity index (χ1) is 9.69. The lowest BCUT2D eigenvalue weighted by molar-refractivity contribution is 0.104. The molecular formula is C15H21FN2O2. The Bertz CT molecular complexity index is 453. The van der Waals surface area contributed by atoms with E-state index in [-0.39, 0.29) is 0 Å². The van der Waals surface area contributed by atoms with Gasteiger partial charge in [-0.3, -0.25) is 5.32 Å². The topological polar surface area (TPSA) is 64.3 Å². The first-order valence-corrected chi connectivity index (χ1v) is 7.08. The summed E-state index contributed by atoms with van der Waals surface area (Å²) in [4.78, 5) is 11.7. The Labute approximate surface area is 118 Å². The highest BCUT2D eigenvalue weighted by molar-refractivity contribution is 5.84. The fraction of sp³-hybridized carbons (Fsp3) is 0.533. The zero-order valence-electron chi connectivity index (χ0n) is 11.5. The number of nitrogens with one attached hydrogen (secondary N) is 1. The summed E-state index contributed by atoms with van der Waals surface area (Å²) in [5.74, 6) is 0.385. The number of anilines is 1. The van der Waals surface area contributed by atoms with Crippen LogP contribution in [0.5, 0.6) is 0 Å². The van der Waals surface area contributed by atoms with Crippen molar-refractivity contribution >= 4 is 11.8 Å². The quantitative estimate of drug-likeness (QED) is 0.890. The van der Waals surface area contributed by atoms with Crippen molar-refractivity contribution in [2.75, 3.05) is 18.5 Å². The van der Waals surface area contributed by atoms with Gasteiger partial charge in [-0.2, -0.15) is 0 Å². The van der Waals surface area contributed by atoms with Gasteiger partial charge in [-0.05, 0) is 49.4 Å². The van der Waals surface area contributed by atoms with Crippen LogP contribution in [0.2, 0.25) is 0 Å². The van der Waals surface area contributed by atoms with Crippen LogP contribution >= 0.6 is 0 Å². The van der Waals surface area contributed by atoms with E-state index >= 15 is 0 Å². The van der Waals surface area contributed by atoms with Gasteiger partial charge in [0, 0.05) is 5.69 Å². The van der Waals surface area contributed by atoms with E-state index in [9.17, 15) is 9.18 Å². The van der Waals surface area contributed by atoms with Crippen LogP contribution in [-0.2, 0) is 4.74 Å². The van der Waals surface area contributed by atoms with Crippen molar-refractivity contribution in [1.29, 1.82) is 0 Å². The molecule has 1 saturated carbocycles. The van der Waals surface area contributed by atoms with Gasteiger partial charge in [0.1, 0.15) is 5.82 Å². The molecule has 1 aliphatic rings. The third-order valence-electron chi connectivity index (χ3n) is 3.87. The standard InChI is InChI=1S/C15H21FN2O2/c16-13-6-3-7-14(8-13)18-15(19)20-10-12-5-2-1-4-11(12)9-17/h3,6-8,11-12H,1-2,4-5,9-10,17H2,(H,18,19). The zero-order valence-corrected chi connectivity index (χ0v) is 11.5. The molecule has 5 heteroatoms. The van der Waals surface area contributed by atoms with Crippen LogP contribution in [0.4, 0.5) is 14.9 Å². The molecule has 0 radical (unpaired) electrons. The molecule has 2 unspecified atom stereocenters. The van der Waals surface area contributed by atoms with Crippen LogP contribution in [0.15, 0.2) is 24.3 Å². The molecular weight excluding hydrogens is 259 g/mol. The number of carbonyl (C=O) groups excluding carboxylic acids is 1.